The van der Waals surface area contributed by atoms with Crippen molar-refractivity contribution in [3.8, 4) is 0 Å². The van der Waals surface area contributed by atoms with Gasteiger partial charge in [-0.2, -0.15) is 0 Å². The third kappa shape index (κ3) is 2.51. The number of non-ortho nitro benzene ring substituents is 1. The van der Waals surface area contributed by atoms with Crippen molar-refractivity contribution in [2.45, 2.75) is 12.8 Å². The fraction of sp³-hybridized carbons (Fsp3) is 0.462. The third-order valence-electron chi connectivity index (χ3n) is 4.02. The molecule has 2 heterocycles. The van der Waals surface area contributed by atoms with Gasteiger partial charge in [-0.05, 0) is 24.5 Å². The van der Waals surface area contributed by atoms with Crippen LogP contribution in [-0.2, 0) is 21.1 Å². The highest BCUT2D eigenvalue weighted by Crippen LogP contribution is 2.33. The van der Waals surface area contributed by atoms with E-state index in [0.29, 0.717) is 25.1 Å². The molecule has 21 heavy (non-hydrogen) atoms. The molecule has 0 aromatic heterocycles. The Labute approximate surface area is 121 Å². The largest absolute Gasteiger partial charge is 0.312 e. The van der Waals surface area contributed by atoms with Gasteiger partial charge >= 0.3 is 0 Å². The van der Waals surface area contributed by atoms with Crippen LogP contribution in [0, 0.1) is 16.0 Å². The number of benzene rings is 1. The van der Waals surface area contributed by atoms with E-state index in [1.54, 1.807) is 11.0 Å². The predicted octanol–water partition coefficient (Wildman–Crippen LogP) is 0.919. The number of carbonyl (C=O) groups is 1. The molecule has 0 aliphatic carbocycles. The summed E-state index contributed by atoms with van der Waals surface area (Å²) in [5, 5.41) is 10.8. The van der Waals surface area contributed by atoms with Gasteiger partial charge in [0, 0.05) is 24.4 Å². The van der Waals surface area contributed by atoms with Gasteiger partial charge in [-0.25, -0.2) is 8.42 Å². The zero-order valence-electron chi connectivity index (χ0n) is 11.2. The molecule has 1 fully saturated rings. The maximum absolute atomic E-state index is 12.4. The standard InChI is InChI=1S/C13H14N2O5S/c16-13(10-4-6-21(19,20)8-10)14-5-3-9-7-11(15(17)18)1-2-12(9)14/h1-2,7,10H,3-6,8H2/t10-/m0/s1. The lowest BCUT2D eigenvalue weighted by molar-refractivity contribution is -0.384. The number of rotatable bonds is 2. The Morgan fingerprint density at radius 1 is 1.38 bits per heavy atom. The fourth-order valence-corrected chi connectivity index (χ4v) is 4.67. The molecule has 1 atom stereocenters. The number of nitro benzene ring substituents is 1. The van der Waals surface area contributed by atoms with Gasteiger partial charge in [-0.1, -0.05) is 0 Å². The van der Waals surface area contributed by atoms with E-state index in [2.05, 4.69) is 0 Å². The molecule has 3 rings (SSSR count). The highest BCUT2D eigenvalue weighted by Gasteiger charge is 2.37. The van der Waals surface area contributed by atoms with E-state index in [1.807, 2.05) is 0 Å². The summed E-state index contributed by atoms with van der Waals surface area (Å²) in [6, 6.07) is 4.42. The summed E-state index contributed by atoms with van der Waals surface area (Å²) in [7, 11) is -3.10. The lowest BCUT2D eigenvalue weighted by Crippen LogP contribution is -2.35. The summed E-state index contributed by atoms with van der Waals surface area (Å²) in [6.45, 7) is 0.450. The van der Waals surface area contributed by atoms with Crippen LogP contribution in [0.15, 0.2) is 18.2 Å². The van der Waals surface area contributed by atoms with E-state index in [4.69, 9.17) is 0 Å². The van der Waals surface area contributed by atoms with Crippen molar-refractivity contribution in [2.75, 3.05) is 23.0 Å². The molecule has 1 amide bonds. The molecule has 0 bridgehead atoms. The average Bonchev–Trinajstić information content (AvgIpc) is 3.00. The normalized spacial score (nSPS) is 23.0. The number of hydrogen-bond donors (Lipinski definition) is 0. The van der Waals surface area contributed by atoms with E-state index in [-0.39, 0.29) is 23.1 Å². The van der Waals surface area contributed by atoms with Crippen LogP contribution in [0.25, 0.3) is 0 Å². The van der Waals surface area contributed by atoms with Gasteiger partial charge in [0.15, 0.2) is 9.84 Å². The summed E-state index contributed by atoms with van der Waals surface area (Å²) in [5.74, 6) is -0.713. The Balaban J connectivity index is 1.84. The number of nitrogens with zero attached hydrogens (tertiary/aromatic N) is 2. The summed E-state index contributed by atoms with van der Waals surface area (Å²) in [6.07, 6.45) is 0.919. The predicted molar refractivity (Wildman–Crippen MR) is 75.9 cm³/mol. The van der Waals surface area contributed by atoms with Crippen LogP contribution in [0.5, 0.6) is 0 Å². The van der Waals surface area contributed by atoms with E-state index < -0.39 is 20.7 Å². The Kier molecular flexibility index (Phi) is 3.20. The zero-order valence-corrected chi connectivity index (χ0v) is 12.0. The van der Waals surface area contributed by atoms with Crippen molar-refractivity contribution in [1.29, 1.82) is 0 Å². The van der Waals surface area contributed by atoms with E-state index in [1.165, 1.54) is 12.1 Å². The first-order chi connectivity index (χ1) is 9.87. The minimum atomic E-state index is -3.10. The molecular weight excluding hydrogens is 296 g/mol. The second kappa shape index (κ2) is 4.80. The van der Waals surface area contributed by atoms with Crippen molar-refractivity contribution in [3.05, 3.63) is 33.9 Å². The monoisotopic (exact) mass is 310 g/mol. The van der Waals surface area contributed by atoms with Gasteiger partial charge in [-0.15, -0.1) is 0 Å². The number of fused-ring (bicyclic) bond motifs is 1. The summed E-state index contributed by atoms with van der Waals surface area (Å²) in [5.41, 5.74) is 1.43. The SMILES string of the molecule is O=C([C@H]1CCS(=O)(=O)C1)N1CCc2cc([N+](=O)[O-])ccc21. The van der Waals surface area contributed by atoms with Gasteiger partial charge < -0.3 is 4.90 Å². The van der Waals surface area contributed by atoms with Gasteiger partial charge in [0.25, 0.3) is 5.69 Å². The van der Waals surface area contributed by atoms with Gasteiger partial charge in [-0.3, -0.25) is 14.9 Å². The third-order valence-corrected chi connectivity index (χ3v) is 5.79. The second-order valence-corrected chi connectivity index (χ2v) is 7.64. The minimum absolute atomic E-state index is 0.00601. The second-order valence-electron chi connectivity index (χ2n) is 5.41. The highest BCUT2D eigenvalue weighted by atomic mass is 32.2. The first-order valence-corrected chi connectivity index (χ1v) is 8.49. The van der Waals surface area contributed by atoms with E-state index >= 15 is 0 Å². The molecule has 0 unspecified atom stereocenters. The van der Waals surface area contributed by atoms with Crippen molar-refractivity contribution in [1.82, 2.24) is 0 Å². The van der Waals surface area contributed by atoms with Crippen molar-refractivity contribution in [3.63, 3.8) is 0 Å². The van der Waals surface area contributed by atoms with Crippen LogP contribution < -0.4 is 4.90 Å². The van der Waals surface area contributed by atoms with Gasteiger partial charge in [0.1, 0.15) is 0 Å². The van der Waals surface area contributed by atoms with Crippen LogP contribution in [0.1, 0.15) is 12.0 Å². The summed E-state index contributed by atoms with van der Waals surface area (Å²) >= 11 is 0. The molecule has 1 aromatic rings. The van der Waals surface area contributed by atoms with E-state index in [9.17, 15) is 23.3 Å². The quantitative estimate of drug-likeness (QED) is 0.597. The smallest absolute Gasteiger partial charge is 0.269 e. The molecule has 2 aliphatic heterocycles. The van der Waals surface area contributed by atoms with Gasteiger partial charge in [0.05, 0.1) is 22.3 Å². The molecule has 7 nitrogen and oxygen atoms in total. The topological polar surface area (TPSA) is 97.6 Å². The van der Waals surface area contributed by atoms with Crippen molar-refractivity contribution in [2.24, 2.45) is 5.92 Å². The molecule has 0 radical (unpaired) electrons. The number of anilines is 1. The molecule has 112 valence electrons. The van der Waals surface area contributed by atoms with Crippen LogP contribution in [0.2, 0.25) is 0 Å². The lowest BCUT2D eigenvalue weighted by Gasteiger charge is -2.20. The highest BCUT2D eigenvalue weighted by molar-refractivity contribution is 7.91. The molecule has 2 aliphatic rings. The molecule has 0 N–H and O–H groups in total. The Morgan fingerprint density at radius 2 is 2.14 bits per heavy atom. The Hall–Kier alpha value is -1.96. The number of nitro groups is 1. The molecular formula is C13H14N2O5S. The number of carbonyl (C=O) groups excluding carboxylic acids is 1. The van der Waals surface area contributed by atoms with Crippen molar-refractivity contribution < 1.29 is 18.1 Å². The zero-order chi connectivity index (χ0) is 15.2. The van der Waals surface area contributed by atoms with Gasteiger partial charge in [0.2, 0.25) is 5.91 Å². The van der Waals surface area contributed by atoms with Crippen LogP contribution in [-0.4, -0.2) is 37.3 Å². The van der Waals surface area contributed by atoms with Crippen molar-refractivity contribution >= 4 is 27.1 Å². The first-order valence-electron chi connectivity index (χ1n) is 6.66. The minimum Gasteiger partial charge on any atom is -0.312 e. The van der Waals surface area contributed by atoms with E-state index in [0.717, 1.165) is 5.56 Å². The molecule has 1 aromatic carbocycles. The molecule has 1 saturated heterocycles. The maximum atomic E-state index is 12.4. The van der Waals surface area contributed by atoms with Crippen LogP contribution >= 0.6 is 0 Å². The first kappa shape index (κ1) is 14.0. The average molecular weight is 310 g/mol. The lowest BCUT2D eigenvalue weighted by atomic mass is 10.1. The fourth-order valence-electron chi connectivity index (χ4n) is 2.94. The molecule has 0 saturated carbocycles. The molecule has 0 spiro atoms. The Morgan fingerprint density at radius 3 is 2.76 bits per heavy atom. The summed E-state index contributed by atoms with van der Waals surface area (Å²) < 4.78 is 23.0. The number of hydrogen-bond acceptors (Lipinski definition) is 5. The number of sulfone groups is 1. The maximum Gasteiger partial charge on any atom is 0.269 e. The van der Waals surface area contributed by atoms with Crippen LogP contribution in [0.4, 0.5) is 11.4 Å². The Bertz CT molecular complexity index is 728. The van der Waals surface area contributed by atoms with Crippen LogP contribution in [0.3, 0.4) is 0 Å². The summed E-state index contributed by atoms with van der Waals surface area (Å²) in [4.78, 5) is 24.3. The number of amides is 1. The molecule has 8 heteroatoms.